The lowest BCUT2D eigenvalue weighted by Crippen LogP contribution is -2.22. The van der Waals surface area contributed by atoms with Crippen molar-refractivity contribution in [1.29, 1.82) is 0 Å². The standard InChI is InChI=1S/C16H13FN2O3/c17-11-4-1-10(2-5-11)3-8-15(20)19-13-7-6-12(18)9-14(13)22-16(19)21/h1-2,4-7,9H,3,8,18H2. The fraction of sp³-hybridized carbons (Fsp3) is 0.125. The fourth-order valence-electron chi connectivity index (χ4n) is 2.29. The number of nitrogens with zero attached hydrogens (tertiary/aromatic N) is 1. The quantitative estimate of drug-likeness (QED) is 0.754. The van der Waals surface area contributed by atoms with Crippen molar-refractivity contribution in [1.82, 2.24) is 4.57 Å². The van der Waals surface area contributed by atoms with E-state index in [4.69, 9.17) is 10.2 Å². The summed E-state index contributed by atoms with van der Waals surface area (Å²) in [7, 11) is 0. The Kier molecular flexibility index (Phi) is 3.50. The lowest BCUT2D eigenvalue weighted by atomic mass is 10.1. The van der Waals surface area contributed by atoms with Gasteiger partial charge in [-0.15, -0.1) is 0 Å². The second-order valence-corrected chi connectivity index (χ2v) is 4.95. The molecule has 1 heterocycles. The van der Waals surface area contributed by atoms with Gasteiger partial charge in [-0.25, -0.2) is 13.8 Å². The minimum atomic E-state index is -0.732. The number of anilines is 1. The van der Waals surface area contributed by atoms with Crippen molar-refractivity contribution in [3.63, 3.8) is 0 Å². The van der Waals surface area contributed by atoms with Crippen LogP contribution < -0.4 is 11.5 Å². The van der Waals surface area contributed by atoms with Crippen LogP contribution in [0.5, 0.6) is 0 Å². The van der Waals surface area contributed by atoms with E-state index in [-0.39, 0.29) is 23.7 Å². The first-order valence-corrected chi connectivity index (χ1v) is 6.73. The molecule has 0 atom stereocenters. The minimum absolute atomic E-state index is 0.116. The van der Waals surface area contributed by atoms with Crippen LogP contribution in [0, 0.1) is 5.82 Å². The summed E-state index contributed by atoms with van der Waals surface area (Å²) < 4.78 is 18.9. The van der Waals surface area contributed by atoms with Gasteiger partial charge in [0, 0.05) is 18.2 Å². The normalized spacial score (nSPS) is 11.0. The number of oxazole rings is 1. The summed E-state index contributed by atoms with van der Waals surface area (Å²) in [5.74, 6) is -1.44. The van der Waals surface area contributed by atoms with E-state index >= 15 is 0 Å². The number of fused-ring (bicyclic) bond motifs is 1. The molecule has 22 heavy (non-hydrogen) atoms. The summed E-state index contributed by atoms with van der Waals surface area (Å²) in [6, 6.07) is 10.6. The van der Waals surface area contributed by atoms with Crippen LogP contribution >= 0.6 is 0 Å². The average Bonchev–Trinajstić information content (AvgIpc) is 2.81. The Balaban J connectivity index is 1.84. The largest absolute Gasteiger partial charge is 0.426 e. The fourth-order valence-corrected chi connectivity index (χ4v) is 2.29. The molecule has 0 radical (unpaired) electrons. The molecule has 0 bridgehead atoms. The van der Waals surface area contributed by atoms with Gasteiger partial charge in [0.2, 0.25) is 5.91 Å². The maximum Gasteiger partial charge on any atom is 0.426 e. The van der Waals surface area contributed by atoms with Crippen LogP contribution in [0.1, 0.15) is 16.8 Å². The third-order valence-electron chi connectivity index (χ3n) is 3.39. The minimum Gasteiger partial charge on any atom is -0.407 e. The van der Waals surface area contributed by atoms with Gasteiger partial charge in [0.25, 0.3) is 0 Å². The molecule has 0 spiro atoms. The molecule has 3 rings (SSSR count). The zero-order valence-electron chi connectivity index (χ0n) is 11.6. The molecule has 0 aliphatic carbocycles. The number of nitrogen functional groups attached to an aromatic ring is 1. The van der Waals surface area contributed by atoms with Crippen molar-refractivity contribution in [2.24, 2.45) is 0 Å². The molecular weight excluding hydrogens is 287 g/mol. The lowest BCUT2D eigenvalue weighted by Gasteiger charge is -2.02. The van der Waals surface area contributed by atoms with Gasteiger partial charge in [-0.1, -0.05) is 12.1 Å². The topological polar surface area (TPSA) is 78.2 Å². The Morgan fingerprint density at radius 1 is 1.18 bits per heavy atom. The molecule has 3 aromatic rings. The molecule has 1 aromatic heterocycles. The number of hydrogen-bond donors (Lipinski definition) is 1. The first-order chi connectivity index (χ1) is 10.5. The Labute approximate surface area is 124 Å². The Bertz CT molecular complexity index is 894. The van der Waals surface area contributed by atoms with E-state index in [9.17, 15) is 14.0 Å². The van der Waals surface area contributed by atoms with E-state index < -0.39 is 5.76 Å². The summed E-state index contributed by atoms with van der Waals surface area (Å²) in [5.41, 5.74) is 7.56. The number of benzene rings is 2. The number of carbonyl (C=O) groups is 1. The van der Waals surface area contributed by atoms with Crippen molar-refractivity contribution in [3.05, 3.63) is 64.4 Å². The first-order valence-electron chi connectivity index (χ1n) is 6.73. The Morgan fingerprint density at radius 3 is 2.64 bits per heavy atom. The molecule has 0 saturated carbocycles. The number of carbonyl (C=O) groups excluding carboxylic acids is 1. The molecule has 0 saturated heterocycles. The highest BCUT2D eigenvalue weighted by Gasteiger charge is 2.16. The SMILES string of the molecule is Nc1ccc2c(c1)oc(=O)n2C(=O)CCc1ccc(F)cc1. The molecule has 0 aliphatic rings. The Hall–Kier alpha value is -2.89. The molecule has 112 valence electrons. The molecule has 6 heteroatoms. The van der Waals surface area contributed by atoms with Crippen LogP contribution in [0.3, 0.4) is 0 Å². The lowest BCUT2D eigenvalue weighted by molar-refractivity contribution is 0.0899. The van der Waals surface area contributed by atoms with Gasteiger partial charge >= 0.3 is 5.76 Å². The van der Waals surface area contributed by atoms with Crippen LogP contribution in [0.15, 0.2) is 51.7 Å². The van der Waals surface area contributed by atoms with Gasteiger partial charge in [0.15, 0.2) is 5.58 Å². The molecule has 0 aliphatic heterocycles. The average molecular weight is 300 g/mol. The highest BCUT2D eigenvalue weighted by atomic mass is 19.1. The van der Waals surface area contributed by atoms with Crippen molar-refractivity contribution in [2.75, 3.05) is 5.73 Å². The molecule has 0 fully saturated rings. The molecule has 0 amide bonds. The molecule has 5 nitrogen and oxygen atoms in total. The number of hydrogen-bond acceptors (Lipinski definition) is 4. The van der Waals surface area contributed by atoms with Gasteiger partial charge in [0.1, 0.15) is 5.82 Å². The summed E-state index contributed by atoms with van der Waals surface area (Å²) >= 11 is 0. The van der Waals surface area contributed by atoms with Crippen molar-refractivity contribution < 1.29 is 13.6 Å². The number of aromatic nitrogens is 1. The van der Waals surface area contributed by atoms with Gasteiger partial charge in [-0.05, 0) is 36.2 Å². The van der Waals surface area contributed by atoms with E-state index in [0.717, 1.165) is 10.1 Å². The number of nitrogens with two attached hydrogens (primary N) is 1. The monoisotopic (exact) mass is 300 g/mol. The summed E-state index contributed by atoms with van der Waals surface area (Å²) in [4.78, 5) is 24.1. The third-order valence-corrected chi connectivity index (χ3v) is 3.39. The maximum absolute atomic E-state index is 12.8. The van der Waals surface area contributed by atoms with Crippen molar-refractivity contribution in [2.45, 2.75) is 12.8 Å². The molecule has 2 aromatic carbocycles. The molecule has 0 unspecified atom stereocenters. The van der Waals surface area contributed by atoms with E-state index in [0.29, 0.717) is 17.6 Å². The highest BCUT2D eigenvalue weighted by Crippen LogP contribution is 2.17. The Morgan fingerprint density at radius 2 is 1.91 bits per heavy atom. The third kappa shape index (κ3) is 2.63. The number of aryl methyl sites for hydroxylation is 1. The van der Waals surface area contributed by atoms with Crippen LogP contribution in [-0.2, 0) is 6.42 Å². The first kappa shape index (κ1) is 14.1. The van der Waals surface area contributed by atoms with E-state index in [1.54, 1.807) is 24.3 Å². The van der Waals surface area contributed by atoms with Crippen LogP contribution in [0.2, 0.25) is 0 Å². The molecular formula is C16H13FN2O3. The maximum atomic E-state index is 12.8. The second kappa shape index (κ2) is 5.48. The predicted octanol–water partition coefficient (Wildman–Crippen LogP) is 2.59. The smallest absolute Gasteiger partial charge is 0.407 e. The number of halogens is 1. The van der Waals surface area contributed by atoms with Crippen LogP contribution in [-0.4, -0.2) is 10.5 Å². The van der Waals surface area contributed by atoms with Gasteiger partial charge < -0.3 is 10.2 Å². The van der Waals surface area contributed by atoms with E-state index in [2.05, 4.69) is 0 Å². The predicted molar refractivity (Wildman–Crippen MR) is 80.2 cm³/mol. The second-order valence-electron chi connectivity index (χ2n) is 4.95. The zero-order chi connectivity index (χ0) is 15.7. The summed E-state index contributed by atoms with van der Waals surface area (Å²) in [6.07, 6.45) is 0.526. The van der Waals surface area contributed by atoms with Gasteiger partial charge in [-0.2, -0.15) is 0 Å². The van der Waals surface area contributed by atoms with Gasteiger partial charge in [-0.3, -0.25) is 4.79 Å². The van der Waals surface area contributed by atoms with Crippen molar-refractivity contribution >= 4 is 22.7 Å². The summed E-state index contributed by atoms with van der Waals surface area (Å²) in [5, 5.41) is 0. The highest BCUT2D eigenvalue weighted by molar-refractivity contribution is 5.90. The van der Waals surface area contributed by atoms with E-state index in [1.807, 2.05) is 0 Å². The van der Waals surface area contributed by atoms with Crippen LogP contribution in [0.25, 0.3) is 11.1 Å². The number of rotatable bonds is 3. The zero-order valence-corrected chi connectivity index (χ0v) is 11.6. The molecule has 2 N–H and O–H groups in total. The summed E-state index contributed by atoms with van der Waals surface area (Å²) in [6.45, 7) is 0. The van der Waals surface area contributed by atoms with Crippen LogP contribution in [0.4, 0.5) is 10.1 Å². The van der Waals surface area contributed by atoms with Gasteiger partial charge in [0.05, 0.1) is 5.52 Å². The van der Waals surface area contributed by atoms with Crippen molar-refractivity contribution in [3.8, 4) is 0 Å². The van der Waals surface area contributed by atoms with E-state index in [1.165, 1.54) is 18.2 Å².